The predicted molar refractivity (Wildman–Crippen MR) is 80.8 cm³/mol. The summed E-state index contributed by atoms with van der Waals surface area (Å²) < 4.78 is 4.93. The van der Waals surface area contributed by atoms with E-state index in [2.05, 4.69) is 43.4 Å². The van der Waals surface area contributed by atoms with Crippen molar-refractivity contribution in [3.63, 3.8) is 0 Å². The van der Waals surface area contributed by atoms with Crippen LogP contribution in [0.15, 0.2) is 29.2 Å². The lowest BCUT2D eigenvalue weighted by atomic mass is 10.0. The van der Waals surface area contributed by atoms with Crippen molar-refractivity contribution in [2.24, 2.45) is 0 Å². The molecule has 19 heavy (non-hydrogen) atoms. The third kappa shape index (κ3) is 6.64. The van der Waals surface area contributed by atoms with Gasteiger partial charge in [0, 0.05) is 25.2 Å². The van der Waals surface area contributed by atoms with E-state index in [1.54, 1.807) is 18.9 Å². The fourth-order valence-electron chi connectivity index (χ4n) is 1.59. The first-order valence-corrected chi connectivity index (χ1v) is 7.60. The number of benzene rings is 1. The summed E-state index contributed by atoms with van der Waals surface area (Å²) >= 11 is 1.57. The first-order chi connectivity index (χ1) is 9.13. The smallest absolute Gasteiger partial charge is 0.230 e. The van der Waals surface area contributed by atoms with Crippen LogP contribution in [0, 0.1) is 0 Å². The monoisotopic (exact) mass is 281 g/mol. The summed E-state index contributed by atoms with van der Waals surface area (Å²) in [6.45, 7) is 5.72. The maximum atomic E-state index is 11.6. The maximum Gasteiger partial charge on any atom is 0.230 e. The average Bonchev–Trinajstić information content (AvgIpc) is 2.42. The van der Waals surface area contributed by atoms with Gasteiger partial charge >= 0.3 is 0 Å². The molecule has 0 aromatic heterocycles. The number of hydrogen-bond donors (Lipinski definition) is 1. The molecule has 4 heteroatoms. The lowest BCUT2D eigenvalue weighted by Crippen LogP contribution is -2.26. The van der Waals surface area contributed by atoms with Crippen molar-refractivity contribution in [3.8, 4) is 0 Å². The second kappa shape index (κ2) is 8.99. The molecule has 0 fully saturated rings. The number of nitrogens with one attached hydrogen (secondary N) is 1. The molecule has 3 nitrogen and oxygen atoms in total. The summed E-state index contributed by atoms with van der Waals surface area (Å²) in [5.74, 6) is 1.09. The van der Waals surface area contributed by atoms with Gasteiger partial charge in [0.05, 0.1) is 5.75 Å². The van der Waals surface area contributed by atoms with Gasteiger partial charge in [-0.3, -0.25) is 4.79 Å². The Bertz CT molecular complexity index is 376. The topological polar surface area (TPSA) is 38.3 Å². The number of amides is 1. The van der Waals surface area contributed by atoms with Crippen molar-refractivity contribution in [2.45, 2.75) is 31.1 Å². The maximum absolute atomic E-state index is 11.6. The van der Waals surface area contributed by atoms with E-state index in [0.717, 1.165) is 11.3 Å². The SMILES string of the molecule is COCCCNC(=O)CSc1ccc(C(C)C)cc1. The van der Waals surface area contributed by atoms with Crippen LogP contribution in [0.4, 0.5) is 0 Å². The van der Waals surface area contributed by atoms with Crippen molar-refractivity contribution < 1.29 is 9.53 Å². The molecule has 0 heterocycles. The molecule has 0 aliphatic heterocycles. The average molecular weight is 281 g/mol. The van der Waals surface area contributed by atoms with Crippen LogP contribution in [0.3, 0.4) is 0 Å². The Balaban J connectivity index is 2.26. The van der Waals surface area contributed by atoms with Crippen LogP contribution in [0.5, 0.6) is 0 Å². The zero-order valence-electron chi connectivity index (χ0n) is 11.9. The second-order valence-electron chi connectivity index (χ2n) is 4.71. The van der Waals surface area contributed by atoms with Crippen LogP contribution >= 0.6 is 11.8 Å². The summed E-state index contributed by atoms with van der Waals surface area (Å²) in [7, 11) is 1.67. The van der Waals surface area contributed by atoms with Crippen LogP contribution in [0.1, 0.15) is 31.7 Å². The molecule has 0 saturated carbocycles. The molecule has 0 saturated heterocycles. The Morgan fingerprint density at radius 2 is 2.00 bits per heavy atom. The van der Waals surface area contributed by atoms with Crippen LogP contribution in [-0.2, 0) is 9.53 Å². The summed E-state index contributed by atoms with van der Waals surface area (Å²) in [5, 5.41) is 2.88. The molecule has 0 atom stereocenters. The summed E-state index contributed by atoms with van der Waals surface area (Å²) in [6.07, 6.45) is 0.857. The highest BCUT2D eigenvalue weighted by molar-refractivity contribution is 8.00. The minimum absolute atomic E-state index is 0.0778. The minimum Gasteiger partial charge on any atom is -0.385 e. The number of ether oxygens (including phenoxy) is 1. The van der Waals surface area contributed by atoms with Gasteiger partial charge in [0.15, 0.2) is 0 Å². The first kappa shape index (κ1) is 16.1. The van der Waals surface area contributed by atoms with Crippen molar-refractivity contribution in [2.75, 3.05) is 26.0 Å². The third-order valence-corrected chi connectivity index (χ3v) is 3.78. The molecule has 106 valence electrons. The first-order valence-electron chi connectivity index (χ1n) is 6.62. The van der Waals surface area contributed by atoms with Crippen molar-refractivity contribution >= 4 is 17.7 Å². The van der Waals surface area contributed by atoms with Gasteiger partial charge in [-0.2, -0.15) is 0 Å². The Kier molecular flexibility index (Phi) is 7.60. The number of carbonyl (C=O) groups is 1. The fourth-order valence-corrected chi connectivity index (χ4v) is 2.32. The predicted octanol–water partition coefficient (Wildman–Crippen LogP) is 3.05. The Labute approximate surface area is 120 Å². The zero-order chi connectivity index (χ0) is 14.1. The number of carbonyl (C=O) groups excluding carboxylic acids is 1. The summed E-state index contributed by atoms with van der Waals surface area (Å²) in [6, 6.07) is 8.42. The van der Waals surface area contributed by atoms with E-state index in [1.807, 2.05) is 0 Å². The van der Waals surface area contributed by atoms with Gasteiger partial charge in [-0.1, -0.05) is 26.0 Å². The number of thioether (sulfide) groups is 1. The highest BCUT2D eigenvalue weighted by atomic mass is 32.2. The number of rotatable bonds is 8. The molecule has 0 bridgehead atoms. The lowest BCUT2D eigenvalue weighted by molar-refractivity contribution is -0.118. The van der Waals surface area contributed by atoms with E-state index in [4.69, 9.17) is 4.74 Å². The van der Waals surface area contributed by atoms with Crippen molar-refractivity contribution in [1.29, 1.82) is 0 Å². The van der Waals surface area contributed by atoms with E-state index in [1.165, 1.54) is 5.56 Å². The molecule has 0 radical (unpaired) electrons. The molecule has 0 aliphatic rings. The zero-order valence-corrected chi connectivity index (χ0v) is 12.8. The van der Waals surface area contributed by atoms with Crippen molar-refractivity contribution in [1.82, 2.24) is 5.32 Å². The summed E-state index contributed by atoms with van der Waals surface area (Å²) in [4.78, 5) is 12.7. The molecule has 0 spiro atoms. The number of hydrogen-bond acceptors (Lipinski definition) is 3. The van der Waals surface area contributed by atoms with Crippen molar-refractivity contribution in [3.05, 3.63) is 29.8 Å². The van der Waals surface area contributed by atoms with Crippen LogP contribution in [0.25, 0.3) is 0 Å². The molecular weight excluding hydrogens is 258 g/mol. The Hall–Kier alpha value is -1.00. The van der Waals surface area contributed by atoms with Gasteiger partial charge in [0.1, 0.15) is 0 Å². The standard InChI is InChI=1S/C15H23NO2S/c1-12(2)13-5-7-14(8-6-13)19-11-15(17)16-9-4-10-18-3/h5-8,12H,4,9-11H2,1-3H3,(H,16,17). The van der Waals surface area contributed by atoms with E-state index in [-0.39, 0.29) is 5.91 Å². The highest BCUT2D eigenvalue weighted by Gasteiger charge is 2.03. The molecule has 1 aromatic rings. The molecule has 1 amide bonds. The Morgan fingerprint density at radius 1 is 1.32 bits per heavy atom. The van der Waals surface area contributed by atoms with Gasteiger partial charge in [0.25, 0.3) is 0 Å². The van der Waals surface area contributed by atoms with Gasteiger partial charge in [-0.15, -0.1) is 11.8 Å². The summed E-state index contributed by atoms with van der Waals surface area (Å²) in [5.41, 5.74) is 1.33. The fraction of sp³-hybridized carbons (Fsp3) is 0.533. The molecule has 0 aliphatic carbocycles. The molecule has 0 unspecified atom stereocenters. The molecule has 1 N–H and O–H groups in total. The van der Waals surface area contributed by atoms with E-state index < -0.39 is 0 Å². The normalized spacial score (nSPS) is 10.7. The van der Waals surface area contributed by atoms with Crippen LogP contribution in [0.2, 0.25) is 0 Å². The Morgan fingerprint density at radius 3 is 2.58 bits per heavy atom. The molecule has 1 rings (SSSR count). The minimum atomic E-state index is 0.0778. The van der Waals surface area contributed by atoms with E-state index in [0.29, 0.717) is 24.8 Å². The van der Waals surface area contributed by atoms with Crippen LogP contribution in [-0.4, -0.2) is 31.9 Å². The largest absolute Gasteiger partial charge is 0.385 e. The molecule has 1 aromatic carbocycles. The van der Waals surface area contributed by atoms with Gasteiger partial charge in [-0.25, -0.2) is 0 Å². The van der Waals surface area contributed by atoms with Gasteiger partial charge in [-0.05, 0) is 30.0 Å². The van der Waals surface area contributed by atoms with E-state index >= 15 is 0 Å². The van der Waals surface area contributed by atoms with Gasteiger partial charge < -0.3 is 10.1 Å². The number of methoxy groups -OCH3 is 1. The van der Waals surface area contributed by atoms with E-state index in [9.17, 15) is 4.79 Å². The molecular formula is C15H23NO2S. The van der Waals surface area contributed by atoms with Gasteiger partial charge in [0.2, 0.25) is 5.91 Å². The van der Waals surface area contributed by atoms with Crippen LogP contribution < -0.4 is 5.32 Å². The lowest BCUT2D eigenvalue weighted by Gasteiger charge is -2.07. The quantitative estimate of drug-likeness (QED) is 0.588. The highest BCUT2D eigenvalue weighted by Crippen LogP contribution is 2.21. The third-order valence-electron chi connectivity index (χ3n) is 2.76. The second-order valence-corrected chi connectivity index (χ2v) is 5.76.